The molecule has 2 heterocycles. The van der Waals surface area contributed by atoms with E-state index in [2.05, 4.69) is 24.5 Å². The summed E-state index contributed by atoms with van der Waals surface area (Å²) in [5.74, 6) is 1.83. The summed E-state index contributed by atoms with van der Waals surface area (Å²) in [5.41, 5.74) is 8.88. The van der Waals surface area contributed by atoms with E-state index in [0.717, 1.165) is 49.5 Å². The molecule has 0 radical (unpaired) electrons. The molecule has 0 spiro atoms. The van der Waals surface area contributed by atoms with Crippen molar-refractivity contribution in [2.24, 2.45) is 5.92 Å². The van der Waals surface area contributed by atoms with Gasteiger partial charge in [0.1, 0.15) is 5.82 Å². The molecule has 3 rings (SSSR count). The van der Waals surface area contributed by atoms with Gasteiger partial charge in [0.15, 0.2) is 0 Å². The number of benzene rings is 1. The molecule has 2 N–H and O–H groups in total. The number of hydrogen-bond donors (Lipinski definition) is 1. The summed E-state index contributed by atoms with van der Waals surface area (Å²) >= 11 is 0. The highest BCUT2D eigenvalue weighted by Gasteiger charge is 2.24. The number of aryl methyl sites for hydroxylation is 1. The van der Waals surface area contributed by atoms with Crippen molar-refractivity contribution >= 4 is 16.7 Å². The normalized spacial score (nSPS) is 18.5. The summed E-state index contributed by atoms with van der Waals surface area (Å²) in [4.78, 5) is 4.76. The topological polar surface area (TPSA) is 53.1 Å². The molecule has 4 heteroatoms. The molecule has 1 fully saturated rings. The van der Waals surface area contributed by atoms with E-state index < -0.39 is 0 Å². The zero-order valence-corrected chi connectivity index (χ0v) is 12.3. The van der Waals surface area contributed by atoms with Crippen LogP contribution in [0.5, 0.6) is 0 Å². The number of anilines is 1. The fourth-order valence-electron chi connectivity index (χ4n) is 3.28. The highest BCUT2D eigenvalue weighted by atomic mass is 16.5. The molecule has 1 saturated heterocycles. The number of imidazole rings is 1. The summed E-state index contributed by atoms with van der Waals surface area (Å²) in [6, 6.07) is 6.51. The fraction of sp³-hybridized carbons (Fsp3) is 0.562. The van der Waals surface area contributed by atoms with E-state index in [1.54, 1.807) is 0 Å². The smallest absolute Gasteiger partial charge is 0.109 e. The van der Waals surface area contributed by atoms with Gasteiger partial charge in [-0.15, -0.1) is 0 Å². The molecule has 1 aromatic carbocycles. The number of aromatic nitrogens is 2. The van der Waals surface area contributed by atoms with Crippen LogP contribution in [0.4, 0.5) is 5.69 Å². The second-order valence-electron chi connectivity index (χ2n) is 5.69. The Morgan fingerprint density at radius 3 is 2.85 bits per heavy atom. The summed E-state index contributed by atoms with van der Waals surface area (Å²) in [5, 5.41) is 0. The highest BCUT2D eigenvalue weighted by Crippen LogP contribution is 2.32. The van der Waals surface area contributed by atoms with Crippen molar-refractivity contribution < 1.29 is 4.74 Å². The molecule has 1 aromatic heterocycles. The van der Waals surface area contributed by atoms with E-state index in [1.807, 2.05) is 12.1 Å². The van der Waals surface area contributed by atoms with Gasteiger partial charge in [0.25, 0.3) is 0 Å². The number of ether oxygens (including phenoxy) is 1. The second-order valence-corrected chi connectivity index (χ2v) is 5.69. The van der Waals surface area contributed by atoms with Crippen LogP contribution in [0.15, 0.2) is 18.2 Å². The lowest BCUT2D eigenvalue weighted by molar-refractivity contribution is 0.0515. The molecule has 1 aliphatic rings. The average Bonchev–Trinajstić information content (AvgIpc) is 2.84. The first-order valence-electron chi connectivity index (χ1n) is 7.54. The largest absolute Gasteiger partial charge is 0.399 e. The number of fused-ring (bicyclic) bond motifs is 1. The quantitative estimate of drug-likeness (QED) is 0.874. The molecular formula is C16H23N3O. The molecule has 0 aliphatic carbocycles. The summed E-state index contributed by atoms with van der Waals surface area (Å²) in [6.45, 7) is 6.25. The Kier molecular flexibility index (Phi) is 3.66. The van der Waals surface area contributed by atoms with Crippen molar-refractivity contribution in [3.8, 4) is 0 Å². The van der Waals surface area contributed by atoms with Crippen LogP contribution in [0, 0.1) is 5.92 Å². The van der Waals surface area contributed by atoms with Crippen molar-refractivity contribution in [3.63, 3.8) is 0 Å². The van der Waals surface area contributed by atoms with Gasteiger partial charge in [-0.3, -0.25) is 0 Å². The Hall–Kier alpha value is -1.55. The predicted molar refractivity (Wildman–Crippen MR) is 81.8 cm³/mol. The third-order valence-electron chi connectivity index (χ3n) is 4.46. The minimum Gasteiger partial charge on any atom is -0.399 e. The SMILES string of the molecule is CCc1nc2cc(N)ccc2n1C(C)C1CCOCC1. The van der Waals surface area contributed by atoms with Crippen LogP contribution in [0.1, 0.15) is 38.6 Å². The van der Waals surface area contributed by atoms with Crippen LogP contribution in [-0.4, -0.2) is 22.8 Å². The van der Waals surface area contributed by atoms with Crippen LogP contribution in [0.2, 0.25) is 0 Å². The highest BCUT2D eigenvalue weighted by molar-refractivity contribution is 5.79. The van der Waals surface area contributed by atoms with Crippen molar-refractivity contribution in [2.45, 2.75) is 39.2 Å². The van der Waals surface area contributed by atoms with Crippen LogP contribution >= 0.6 is 0 Å². The number of nitrogens with two attached hydrogens (primary N) is 1. The van der Waals surface area contributed by atoms with Gasteiger partial charge in [-0.25, -0.2) is 4.98 Å². The van der Waals surface area contributed by atoms with Crippen LogP contribution in [0.25, 0.3) is 11.0 Å². The zero-order chi connectivity index (χ0) is 14.1. The Balaban J connectivity index is 2.04. The Morgan fingerprint density at radius 1 is 1.40 bits per heavy atom. The van der Waals surface area contributed by atoms with Crippen LogP contribution in [0.3, 0.4) is 0 Å². The van der Waals surface area contributed by atoms with Gasteiger partial charge >= 0.3 is 0 Å². The molecule has 108 valence electrons. The number of rotatable bonds is 3. The number of nitrogens with zero attached hydrogens (tertiary/aromatic N) is 2. The van der Waals surface area contributed by atoms with Gasteiger partial charge in [0.2, 0.25) is 0 Å². The Labute approximate surface area is 119 Å². The van der Waals surface area contributed by atoms with Gasteiger partial charge in [0, 0.05) is 31.4 Å². The monoisotopic (exact) mass is 273 g/mol. The second kappa shape index (κ2) is 5.44. The third kappa shape index (κ3) is 2.29. The molecule has 20 heavy (non-hydrogen) atoms. The van der Waals surface area contributed by atoms with Gasteiger partial charge < -0.3 is 15.0 Å². The van der Waals surface area contributed by atoms with Crippen molar-refractivity contribution in [2.75, 3.05) is 18.9 Å². The predicted octanol–water partition coefficient (Wildman–Crippen LogP) is 3.17. The molecule has 0 amide bonds. The lowest BCUT2D eigenvalue weighted by Gasteiger charge is -2.30. The number of nitrogen functional groups attached to an aromatic ring is 1. The fourth-order valence-corrected chi connectivity index (χ4v) is 3.28. The van der Waals surface area contributed by atoms with Crippen molar-refractivity contribution in [1.29, 1.82) is 0 Å². The molecule has 4 nitrogen and oxygen atoms in total. The summed E-state index contributed by atoms with van der Waals surface area (Å²) in [6.07, 6.45) is 3.22. The van der Waals surface area contributed by atoms with Gasteiger partial charge in [-0.1, -0.05) is 6.92 Å². The van der Waals surface area contributed by atoms with E-state index >= 15 is 0 Å². The maximum atomic E-state index is 5.88. The Bertz CT molecular complexity index is 599. The minimum atomic E-state index is 0.461. The van der Waals surface area contributed by atoms with Gasteiger partial charge in [-0.2, -0.15) is 0 Å². The number of hydrogen-bond acceptors (Lipinski definition) is 3. The third-order valence-corrected chi connectivity index (χ3v) is 4.46. The first kappa shape index (κ1) is 13.4. The molecule has 0 bridgehead atoms. The van der Waals surface area contributed by atoms with Crippen molar-refractivity contribution in [1.82, 2.24) is 9.55 Å². The zero-order valence-electron chi connectivity index (χ0n) is 12.3. The summed E-state index contributed by atoms with van der Waals surface area (Å²) < 4.78 is 7.89. The average molecular weight is 273 g/mol. The van der Waals surface area contributed by atoms with Gasteiger partial charge in [-0.05, 0) is 43.9 Å². The molecule has 1 atom stereocenters. The van der Waals surface area contributed by atoms with E-state index in [0.29, 0.717) is 12.0 Å². The minimum absolute atomic E-state index is 0.461. The van der Waals surface area contributed by atoms with E-state index in [9.17, 15) is 0 Å². The van der Waals surface area contributed by atoms with Crippen LogP contribution < -0.4 is 5.73 Å². The standard InChI is InChI=1S/C16H23N3O/c1-3-16-18-14-10-13(17)4-5-15(14)19(16)11(2)12-6-8-20-9-7-12/h4-5,10-12H,3,6-9,17H2,1-2H3. The lowest BCUT2D eigenvalue weighted by atomic mass is 9.92. The maximum Gasteiger partial charge on any atom is 0.109 e. The molecule has 0 saturated carbocycles. The summed E-state index contributed by atoms with van der Waals surface area (Å²) in [7, 11) is 0. The van der Waals surface area contributed by atoms with Crippen LogP contribution in [-0.2, 0) is 11.2 Å². The maximum absolute atomic E-state index is 5.88. The molecule has 1 unspecified atom stereocenters. The molecular weight excluding hydrogens is 250 g/mol. The Morgan fingerprint density at radius 2 is 2.15 bits per heavy atom. The van der Waals surface area contributed by atoms with E-state index in [4.69, 9.17) is 15.5 Å². The van der Waals surface area contributed by atoms with Gasteiger partial charge in [0.05, 0.1) is 11.0 Å². The molecule has 1 aliphatic heterocycles. The molecule has 2 aromatic rings. The van der Waals surface area contributed by atoms with E-state index in [1.165, 1.54) is 5.52 Å². The first-order chi connectivity index (χ1) is 9.70. The first-order valence-corrected chi connectivity index (χ1v) is 7.54. The lowest BCUT2D eigenvalue weighted by Crippen LogP contribution is -2.25. The van der Waals surface area contributed by atoms with Crippen molar-refractivity contribution in [3.05, 3.63) is 24.0 Å². The van der Waals surface area contributed by atoms with E-state index in [-0.39, 0.29) is 0 Å².